The molecule has 2 nitrogen and oxygen atoms in total. The molecule has 0 saturated carbocycles. The van der Waals surface area contributed by atoms with Gasteiger partial charge in [-0.1, -0.05) is 32.8 Å². The lowest BCUT2D eigenvalue weighted by atomic mass is 9.89. The van der Waals surface area contributed by atoms with Gasteiger partial charge in [-0.25, -0.2) is 9.38 Å². The normalized spacial score (nSPS) is 12.5. The first kappa shape index (κ1) is 18.8. The van der Waals surface area contributed by atoms with Crippen molar-refractivity contribution in [1.82, 2.24) is 0 Å². The van der Waals surface area contributed by atoms with Crippen molar-refractivity contribution in [3.8, 4) is 12.3 Å². The van der Waals surface area contributed by atoms with Crippen molar-refractivity contribution >= 4 is 17.2 Å². The van der Waals surface area contributed by atoms with Gasteiger partial charge in [-0.2, -0.15) is 0 Å². The number of aryl methyl sites for hydroxylation is 1. The molecule has 0 spiro atoms. The molecule has 0 aromatic heterocycles. The van der Waals surface area contributed by atoms with Gasteiger partial charge < -0.3 is 0 Å². The van der Waals surface area contributed by atoms with Crippen LogP contribution in [-0.2, 0) is 4.79 Å². The number of terminal acetylenes is 1. The number of allylic oxidation sites excluding steroid dienone is 2. The molecule has 0 atom stereocenters. The van der Waals surface area contributed by atoms with Crippen molar-refractivity contribution in [2.45, 2.75) is 47.5 Å². The number of hydrogen-bond donors (Lipinski definition) is 0. The van der Waals surface area contributed by atoms with Gasteiger partial charge in [0.1, 0.15) is 17.3 Å². The topological polar surface area (TPSA) is 29.4 Å². The Labute approximate surface area is 138 Å². The molecule has 0 aliphatic heterocycles. The summed E-state index contributed by atoms with van der Waals surface area (Å²) in [5.74, 6) is 2.28. The third-order valence-electron chi connectivity index (χ3n) is 3.34. The van der Waals surface area contributed by atoms with Crippen LogP contribution < -0.4 is 0 Å². The van der Waals surface area contributed by atoms with E-state index in [4.69, 9.17) is 6.42 Å². The van der Waals surface area contributed by atoms with Gasteiger partial charge in [-0.15, -0.1) is 6.42 Å². The fourth-order valence-corrected chi connectivity index (χ4v) is 2.13. The second-order valence-electron chi connectivity index (χ2n) is 6.89. The number of carbonyl (C=O) groups excluding carboxylic acids is 1. The van der Waals surface area contributed by atoms with Gasteiger partial charge in [0.05, 0.1) is 5.69 Å². The third-order valence-corrected chi connectivity index (χ3v) is 3.34. The number of nitrogens with zero attached hydrogens (tertiary/aromatic N) is 1. The molecular formula is C20H24FNO. The van der Waals surface area contributed by atoms with Crippen molar-refractivity contribution < 1.29 is 9.18 Å². The van der Waals surface area contributed by atoms with E-state index in [-0.39, 0.29) is 17.0 Å². The molecule has 0 bridgehead atoms. The van der Waals surface area contributed by atoms with Gasteiger partial charge in [-0.05, 0) is 48.6 Å². The van der Waals surface area contributed by atoms with E-state index >= 15 is 0 Å². The Bertz CT molecular complexity index is 685. The highest BCUT2D eigenvalue weighted by Crippen LogP contribution is 2.24. The van der Waals surface area contributed by atoms with Gasteiger partial charge >= 0.3 is 0 Å². The Hall–Kier alpha value is -2.21. The lowest BCUT2D eigenvalue weighted by Crippen LogP contribution is -2.12. The van der Waals surface area contributed by atoms with Crippen LogP contribution in [-0.4, -0.2) is 11.5 Å². The van der Waals surface area contributed by atoms with Crippen LogP contribution in [0.1, 0.15) is 44.7 Å². The molecule has 0 saturated heterocycles. The largest absolute Gasteiger partial charge is 0.299 e. The summed E-state index contributed by atoms with van der Waals surface area (Å²) in [5, 5.41) is 0. The molecule has 23 heavy (non-hydrogen) atoms. The van der Waals surface area contributed by atoms with Crippen molar-refractivity contribution in [2.75, 3.05) is 0 Å². The zero-order chi connectivity index (χ0) is 17.6. The molecule has 0 amide bonds. The van der Waals surface area contributed by atoms with E-state index in [0.29, 0.717) is 24.2 Å². The number of hydrogen-bond acceptors (Lipinski definition) is 2. The van der Waals surface area contributed by atoms with Gasteiger partial charge in [0.15, 0.2) is 0 Å². The van der Waals surface area contributed by atoms with E-state index in [1.54, 1.807) is 12.2 Å². The number of halogens is 1. The zero-order valence-corrected chi connectivity index (χ0v) is 14.5. The van der Waals surface area contributed by atoms with Crippen LogP contribution in [0.5, 0.6) is 0 Å². The first-order valence-electron chi connectivity index (χ1n) is 7.62. The fourth-order valence-electron chi connectivity index (χ4n) is 2.13. The standard InChI is InChI=1S/C20H24FNO/c1-7-17(9-8-10-18(23)13-20(4,5)6)22-19-12-16(21)11-14(2)15(19)3/h1,8-9,11-12H,10,13H2,2-6H3/b9-8+,22-17?. The van der Waals surface area contributed by atoms with E-state index in [1.165, 1.54) is 12.1 Å². The van der Waals surface area contributed by atoms with Crippen molar-refractivity contribution in [1.29, 1.82) is 0 Å². The number of aliphatic imine (C=N–C) groups is 1. The van der Waals surface area contributed by atoms with Crippen LogP contribution in [0.15, 0.2) is 29.3 Å². The highest BCUT2D eigenvalue weighted by Gasteiger charge is 2.14. The highest BCUT2D eigenvalue weighted by atomic mass is 19.1. The Morgan fingerprint density at radius 2 is 2.00 bits per heavy atom. The quantitative estimate of drug-likeness (QED) is 0.549. The van der Waals surface area contributed by atoms with Gasteiger partial charge in [-0.3, -0.25) is 4.79 Å². The molecule has 0 fully saturated rings. The molecule has 0 unspecified atom stereocenters. The van der Waals surface area contributed by atoms with Gasteiger partial charge in [0.25, 0.3) is 0 Å². The molecule has 0 N–H and O–H groups in total. The van der Waals surface area contributed by atoms with Gasteiger partial charge in [0.2, 0.25) is 0 Å². The lowest BCUT2D eigenvalue weighted by Gasteiger charge is -2.15. The first-order valence-corrected chi connectivity index (χ1v) is 7.62. The average Bonchev–Trinajstić information content (AvgIpc) is 2.40. The lowest BCUT2D eigenvalue weighted by molar-refractivity contribution is -0.119. The van der Waals surface area contributed by atoms with Crippen molar-refractivity contribution in [3.05, 3.63) is 41.2 Å². The van der Waals surface area contributed by atoms with Crippen LogP contribution in [0, 0.1) is 37.4 Å². The second-order valence-corrected chi connectivity index (χ2v) is 6.89. The molecule has 0 heterocycles. The number of ketones is 1. The van der Waals surface area contributed by atoms with E-state index in [0.717, 1.165) is 11.1 Å². The maximum atomic E-state index is 13.5. The summed E-state index contributed by atoms with van der Waals surface area (Å²) < 4.78 is 13.5. The van der Waals surface area contributed by atoms with Crippen LogP contribution in [0.3, 0.4) is 0 Å². The molecule has 1 aromatic carbocycles. The first-order chi connectivity index (χ1) is 10.6. The predicted octanol–water partition coefficient (Wildman–Crippen LogP) is 5.10. The Balaban J connectivity index is 2.88. The summed E-state index contributed by atoms with van der Waals surface area (Å²) in [6, 6.07) is 2.82. The van der Waals surface area contributed by atoms with Crippen LogP contribution >= 0.6 is 0 Å². The Morgan fingerprint density at radius 3 is 2.57 bits per heavy atom. The molecule has 3 heteroatoms. The minimum atomic E-state index is -0.340. The van der Waals surface area contributed by atoms with Gasteiger partial charge in [0, 0.05) is 12.8 Å². The number of carbonyl (C=O) groups is 1. The number of benzene rings is 1. The Kier molecular flexibility index (Phi) is 6.45. The second kappa shape index (κ2) is 7.87. The smallest absolute Gasteiger partial charge is 0.137 e. The summed E-state index contributed by atoms with van der Waals surface area (Å²) in [5.41, 5.74) is 2.58. The zero-order valence-electron chi connectivity index (χ0n) is 14.5. The maximum absolute atomic E-state index is 13.5. The molecule has 1 rings (SSSR count). The fraction of sp³-hybridized carbons (Fsp3) is 0.400. The SMILES string of the molecule is C#CC(/C=C/CC(=O)CC(C)(C)C)=Nc1cc(F)cc(C)c1C. The van der Waals surface area contributed by atoms with Crippen molar-refractivity contribution in [3.63, 3.8) is 0 Å². The van der Waals surface area contributed by atoms with Crippen molar-refractivity contribution in [2.24, 2.45) is 10.4 Å². The number of Topliss-reactive ketones (excluding diaryl/α,β-unsaturated/α-hetero) is 1. The van der Waals surface area contributed by atoms with E-state index in [1.807, 2.05) is 34.6 Å². The molecule has 0 radical (unpaired) electrons. The predicted molar refractivity (Wildman–Crippen MR) is 94.6 cm³/mol. The number of rotatable bonds is 5. The minimum absolute atomic E-state index is 0.0236. The molecule has 0 aliphatic rings. The summed E-state index contributed by atoms with van der Waals surface area (Å²) in [6.07, 6.45) is 9.64. The van der Waals surface area contributed by atoms with Crippen LogP contribution in [0.4, 0.5) is 10.1 Å². The minimum Gasteiger partial charge on any atom is -0.299 e. The van der Waals surface area contributed by atoms with E-state index < -0.39 is 0 Å². The van der Waals surface area contributed by atoms with E-state index in [2.05, 4.69) is 10.9 Å². The summed E-state index contributed by atoms with van der Waals surface area (Å²) in [6.45, 7) is 9.78. The highest BCUT2D eigenvalue weighted by molar-refractivity contribution is 6.09. The summed E-state index contributed by atoms with van der Waals surface area (Å²) in [7, 11) is 0. The monoisotopic (exact) mass is 313 g/mol. The Morgan fingerprint density at radius 1 is 1.35 bits per heavy atom. The molecular weight excluding hydrogens is 289 g/mol. The molecule has 0 aliphatic carbocycles. The summed E-state index contributed by atoms with van der Waals surface area (Å²) >= 11 is 0. The third kappa shape index (κ3) is 6.61. The average molecular weight is 313 g/mol. The van der Waals surface area contributed by atoms with Crippen LogP contribution in [0.2, 0.25) is 0 Å². The molecule has 122 valence electrons. The molecule has 1 aromatic rings. The van der Waals surface area contributed by atoms with E-state index in [9.17, 15) is 9.18 Å². The maximum Gasteiger partial charge on any atom is 0.137 e. The summed E-state index contributed by atoms with van der Waals surface area (Å²) in [4.78, 5) is 16.2. The van der Waals surface area contributed by atoms with Crippen LogP contribution in [0.25, 0.3) is 0 Å².